The number of rotatable bonds is 3. The SMILES string of the molecule is CC(C)(C)OC(=O)NCC1(c2cccnc2)CCNCC1. The van der Waals surface area contributed by atoms with Crippen LogP contribution < -0.4 is 10.6 Å². The number of piperidine rings is 1. The fourth-order valence-electron chi connectivity index (χ4n) is 2.70. The maximum Gasteiger partial charge on any atom is 0.407 e. The molecule has 1 aromatic rings. The van der Waals surface area contributed by atoms with Crippen molar-refractivity contribution < 1.29 is 9.53 Å². The number of aromatic nitrogens is 1. The molecule has 0 aliphatic carbocycles. The van der Waals surface area contributed by atoms with Gasteiger partial charge < -0.3 is 15.4 Å². The molecule has 5 heteroatoms. The average Bonchev–Trinajstić information content (AvgIpc) is 2.45. The van der Waals surface area contributed by atoms with Gasteiger partial charge in [-0.3, -0.25) is 4.98 Å². The number of hydrogen-bond donors (Lipinski definition) is 2. The lowest BCUT2D eigenvalue weighted by Gasteiger charge is -2.38. The minimum Gasteiger partial charge on any atom is -0.444 e. The Morgan fingerprint density at radius 1 is 1.43 bits per heavy atom. The van der Waals surface area contributed by atoms with Crippen LogP contribution in [0.4, 0.5) is 4.79 Å². The summed E-state index contributed by atoms with van der Waals surface area (Å²) in [7, 11) is 0. The van der Waals surface area contributed by atoms with Crippen LogP contribution in [0.1, 0.15) is 39.2 Å². The van der Waals surface area contributed by atoms with E-state index in [1.165, 1.54) is 5.56 Å². The Bertz CT molecular complexity index is 462. The van der Waals surface area contributed by atoms with E-state index in [-0.39, 0.29) is 11.5 Å². The van der Waals surface area contributed by atoms with Gasteiger partial charge in [0.25, 0.3) is 0 Å². The highest BCUT2D eigenvalue weighted by Crippen LogP contribution is 2.32. The summed E-state index contributed by atoms with van der Waals surface area (Å²) in [6, 6.07) is 4.04. The second-order valence-corrected chi connectivity index (χ2v) is 6.63. The standard InChI is InChI=1S/C16H25N3O2/c1-15(2,3)21-14(20)19-12-16(6-9-17-10-7-16)13-5-4-8-18-11-13/h4-5,8,11,17H,6-7,9-10,12H2,1-3H3,(H,19,20). The van der Waals surface area contributed by atoms with E-state index in [4.69, 9.17) is 4.74 Å². The van der Waals surface area contributed by atoms with Crippen LogP contribution >= 0.6 is 0 Å². The third-order valence-electron chi connectivity index (χ3n) is 3.80. The first-order valence-electron chi connectivity index (χ1n) is 7.49. The maximum absolute atomic E-state index is 11.9. The average molecular weight is 291 g/mol. The number of amides is 1. The number of carbonyl (C=O) groups is 1. The topological polar surface area (TPSA) is 63.2 Å². The fourth-order valence-corrected chi connectivity index (χ4v) is 2.70. The molecular formula is C16H25N3O2. The smallest absolute Gasteiger partial charge is 0.407 e. The number of alkyl carbamates (subject to hydrolysis) is 1. The molecule has 1 aliphatic heterocycles. The molecule has 0 aromatic carbocycles. The quantitative estimate of drug-likeness (QED) is 0.896. The van der Waals surface area contributed by atoms with E-state index in [1.807, 2.05) is 33.0 Å². The lowest BCUT2D eigenvalue weighted by atomic mass is 9.73. The van der Waals surface area contributed by atoms with E-state index >= 15 is 0 Å². The Morgan fingerprint density at radius 3 is 2.71 bits per heavy atom. The number of carbonyl (C=O) groups excluding carboxylic acids is 1. The van der Waals surface area contributed by atoms with E-state index in [1.54, 1.807) is 6.20 Å². The molecule has 2 rings (SSSR count). The number of nitrogens with one attached hydrogen (secondary N) is 2. The predicted octanol–water partition coefficient (Wildman–Crippen LogP) is 2.23. The van der Waals surface area contributed by atoms with Crippen LogP contribution in [0.5, 0.6) is 0 Å². The first-order valence-corrected chi connectivity index (χ1v) is 7.49. The van der Waals surface area contributed by atoms with Crippen LogP contribution in [0.2, 0.25) is 0 Å². The molecular weight excluding hydrogens is 266 g/mol. The largest absolute Gasteiger partial charge is 0.444 e. The molecule has 0 radical (unpaired) electrons. The van der Waals surface area contributed by atoms with Crippen molar-refractivity contribution in [2.45, 2.75) is 44.6 Å². The molecule has 1 aliphatic rings. The molecule has 116 valence electrons. The lowest BCUT2D eigenvalue weighted by Crippen LogP contribution is -2.48. The van der Waals surface area contributed by atoms with Gasteiger partial charge in [-0.1, -0.05) is 6.07 Å². The highest BCUT2D eigenvalue weighted by molar-refractivity contribution is 5.67. The zero-order valence-electron chi connectivity index (χ0n) is 13.1. The van der Waals surface area contributed by atoms with Gasteiger partial charge in [-0.2, -0.15) is 0 Å². The highest BCUT2D eigenvalue weighted by atomic mass is 16.6. The molecule has 1 saturated heterocycles. The molecule has 0 unspecified atom stereocenters. The Balaban J connectivity index is 2.06. The Morgan fingerprint density at radius 2 is 2.14 bits per heavy atom. The summed E-state index contributed by atoms with van der Waals surface area (Å²) in [5, 5.41) is 6.30. The monoisotopic (exact) mass is 291 g/mol. The van der Waals surface area contributed by atoms with E-state index in [9.17, 15) is 4.79 Å². The van der Waals surface area contributed by atoms with E-state index in [2.05, 4.69) is 21.7 Å². The number of hydrogen-bond acceptors (Lipinski definition) is 4. The normalized spacial score (nSPS) is 18.0. The van der Waals surface area contributed by atoms with E-state index < -0.39 is 5.60 Å². The zero-order valence-corrected chi connectivity index (χ0v) is 13.1. The fraction of sp³-hybridized carbons (Fsp3) is 0.625. The number of ether oxygens (including phenoxy) is 1. The van der Waals surface area contributed by atoms with Crippen LogP contribution in [-0.4, -0.2) is 36.3 Å². The summed E-state index contributed by atoms with van der Waals surface area (Å²) in [5.74, 6) is 0. The minimum absolute atomic E-state index is 0.0591. The Labute approximate surface area is 126 Å². The van der Waals surface area contributed by atoms with Crippen LogP contribution in [0.3, 0.4) is 0 Å². The van der Waals surface area contributed by atoms with Gasteiger partial charge in [0.05, 0.1) is 0 Å². The minimum atomic E-state index is -0.473. The summed E-state index contributed by atoms with van der Waals surface area (Å²) >= 11 is 0. The second kappa shape index (κ2) is 6.43. The van der Waals surface area contributed by atoms with Crippen LogP contribution in [-0.2, 0) is 10.2 Å². The van der Waals surface area contributed by atoms with E-state index in [0.29, 0.717) is 6.54 Å². The van der Waals surface area contributed by atoms with Crippen molar-refractivity contribution in [2.24, 2.45) is 0 Å². The maximum atomic E-state index is 11.9. The molecule has 0 spiro atoms. The van der Waals surface area contributed by atoms with Crippen molar-refractivity contribution in [1.29, 1.82) is 0 Å². The molecule has 2 N–H and O–H groups in total. The third-order valence-corrected chi connectivity index (χ3v) is 3.80. The first-order chi connectivity index (χ1) is 9.91. The van der Waals surface area contributed by atoms with Gasteiger partial charge >= 0.3 is 6.09 Å². The zero-order chi connectivity index (χ0) is 15.3. The summed E-state index contributed by atoms with van der Waals surface area (Å²) in [4.78, 5) is 16.1. The molecule has 0 saturated carbocycles. The summed E-state index contributed by atoms with van der Waals surface area (Å²) < 4.78 is 5.33. The van der Waals surface area contributed by atoms with Gasteiger partial charge in [-0.15, -0.1) is 0 Å². The molecule has 2 heterocycles. The van der Waals surface area contributed by atoms with E-state index in [0.717, 1.165) is 25.9 Å². The van der Waals surface area contributed by atoms with Crippen molar-refractivity contribution >= 4 is 6.09 Å². The molecule has 21 heavy (non-hydrogen) atoms. The number of nitrogens with zero attached hydrogens (tertiary/aromatic N) is 1. The van der Waals surface area contributed by atoms with Gasteiger partial charge in [0.2, 0.25) is 0 Å². The molecule has 0 bridgehead atoms. The van der Waals surface area contributed by atoms with Crippen molar-refractivity contribution in [3.8, 4) is 0 Å². The molecule has 1 fully saturated rings. The van der Waals surface area contributed by atoms with Crippen LogP contribution in [0.25, 0.3) is 0 Å². The Kier molecular flexibility index (Phi) is 4.83. The van der Waals surface area contributed by atoms with Crippen molar-refractivity contribution in [3.05, 3.63) is 30.1 Å². The van der Waals surface area contributed by atoms with Crippen molar-refractivity contribution in [1.82, 2.24) is 15.6 Å². The van der Waals surface area contributed by atoms with Crippen molar-refractivity contribution in [2.75, 3.05) is 19.6 Å². The predicted molar refractivity (Wildman–Crippen MR) is 82.3 cm³/mol. The van der Waals surface area contributed by atoms with Gasteiger partial charge in [0.1, 0.15) is 5.60 Å². The van der Waals surface area contributed by atoms with Gasteiger partial charge in [-0.05, 0) is 58.3 Å². The van der Waals surface area contributed by atoms with Gasteiger partial charge in [0.15, 0.2) is 0 Å². The third kappa shape index (κ3) is 4.43. The van der Waals surface area contributed by atoms with Gasteiger partial charge in [-0.25, -0.2) is 4.79 Å². The van der Waals surface area contributed by atoms with Crippen LogP contribution in [0, 0.1) is 0 Å². The molecule has 5 nitrogen and oxygen atoms in total. The first kappa shape index (κ1) is 15.8. The highest BCUT2D eigenvalue weighted by Gasteiger charge is 2.34. The number of pyridine rings is 1. The van der Waals surface area contributed by atoms with Crippen molar-refractivity contribution in [3.63, 3.8) is 0 Å². The summed E-state index contributed by atoms with van der Waals surface area (Å²) in [6.07, 6.45) is 5.29. The molecule has 1 aromatic heterocycles. The van der Waals surface area contributed by atoms with Crippen LogP contribution in [0.15, 0.2) is 24.5 Å². The Hall–Kier alpha value is -1.62. The lowest BCUT2D eigenvalue weighted by molar-refractivity contribution is 0.0509. The molecule has 0 atom stereocenters. The summed E-state index contributed by atoms with van der Waals surface area (Å²) in [5.41, 5.74) is 0.651. The second-order valence-electron chi connectivity index (χ2n) is 6.63. The summed E-state index contributed by atoms with van der Waals surface area (Å²) in [6.45, 7) is 8.08. The van der Waals surface area contributed by atoms with Gasteiger partial charge in [0, 0.05) is 24.4 Å². The molecule has 1 amide bonds.